The van der Waals surface area contributed by atoms with E-state index >= 15 is 0 Å². The molecule has 0 saturated heterocycles. The quantitative estimate of drug-likeness (QED) is 0.459. The molecule has 0 unspecified atom stereocenters. The van der Waals surface area contributed by atoms with Crippen LogP contribution in [0.15, 0.2) is 54.8 Å². The lowest BCUT2D eigenvalue weighted by Gasteiger charge is -2.05. The topological polar surface area (TPSA) is 137 Å². The van der Waals surface area contributed by atoms with E-state index in [-0.39, 0.29) is 5.78 Å². The lowest BCUT2D eigenvalue weighted by molar-refractivity contribution is 0.101. The summed E-state index contributed by atoms with van der Waals surface area (Å²) in [5.41, 5.74) is 7.78. The summed E-state index contributed by atoms with van der Waals surface area (Å²) in [5, 5.41) is 21.0. The van der Waals surface area contributed by atoms with Gasteiger partial charge in [0.1, 0.15) is 0 Å². The molecule has 20 heavy (non-hydrogen) atoms. The van der Waals surface area contributed by atoms with Gasteiger partial charge in [-0.3, -0.25) is 4.79 Å². The minimum absolute atomic E-state index is 0.0523. The maximum atomic E-state index is 11.5. The van der Waals surface area contributed by atoms with Crippen LogP contribution in [0.5, 0.6) is 5.75 Å². The Balaban J connectivity index is 2.69. The first-order valence-electron chi connectivity index (χ1n) is 5.56. The molecule has 1 aromatic rings. The van der Waals surface area contributed by atoms with E-state index in [0.29, 0.717) is 11.3 Å². The van der Waals surface area contributed by atoms with Gasteiger partial charge in [-0.1, -0.05) is 13.0 Å². The molecule has 10 nitrogen and oxygen atoms in total. The molecule has 0 amide bonds. The number of Topliss-reactive ketones (excluding diaryl/α,β-unsaturated/α-hetero) is 1. The second kappa shape index (κ2) is 8.24. The van der Waals surface area contributed by atoms with E-state index in [1.807, 2.05) is 6.92 Å². The first kappa shape index (κ1) is 15.1. The zero-order valence-corrected chi connectivity index (χ0v) is 10.9. The minimum atomic E-state index is -0.0523. The van der Waals surface area contributed by atoms with Crippen LogP contribution >= 0.6 is 0 Å². The Kier molecular flexibility index (Phi) is 6.24. The molecule has 0 aromatic heterocycles. The van der Waals surface area contributed by atoms with E-state index in [1.165, 1.54) is 6.92 Å². The highest BCUT2D eigenvalue weighted by Gasteiger charge is 2.07. The van der Waals surface area contributed by atoms with E-state index in [1.54, 1.807) is 18.2 Å². The average Bonchev–Trinajstić information content (AvgIpc) is 2.46. The summed E-state index contributed by atoms with van der Waals surface area (Å²) >= 11 is 0. The van der Waals surface area contributed by atoms with Crippen molar-refractivity contribution < 1.29 is 9.63 Å². The van der Waals surface area contributed by atoms with Crippen molar-refractivity contribution in [2.24, 2.45) is 36.6 Å². The number of carbonyl (C=O) groups is 1. The Morgan fingerprint density at radius 2 is 1.90 bits per heavy atom. The summed E-state index contributed by atoms with van der Waals surface area (Å²) < 4.78 is 0. The fourth-order valence-electron chi connectivity index (χ4n) is 1.40. The average molecular weight is 276 g/mol. The second-order valence-electron chi connectivity index (χ2n) is 3.45. The van der Waals surface area contributed by atoms with Crippen molar-refractivity contribution >= 4 is 5.78 Å². The number of benzene rings is 1. The molecule has 0 atom stereocenters. The molecule has 0 aliphatic rings. The molecule has 1 N–H and O–H groups in total. The molecule has 0 aliphatic heterocycles. The largest absolute Gasteiger partial charge is 0.338 e. The van der Waals surface area contributed by atoms with E-state index in [2.05, 4.69) is 36.6 Å². The summed E-state index contributed by atoms with van der Waals surface area (Å²) in [6.45, 7) is 3.44. The molecule has 1 rings (SSSR count). The van der Waals surface area contributed by atoms with Gasteiger partial charge in [0.15, 0.2) is 11.5 Å². The summed E-state index contributed by atoms with van der Waals surface area (Å²) in [4.78, 5) is 16.4. The van der Waals surface area contributed by atoms with Crippen LogP contribution < -0.4 is 4.84 Å². The maximum absolute atomic E-state index is 11.5. The third kappa shape index (κ3) is 4.76. The second-order valence-corrected chi connectivity index (χ2v) is 3.45. The van der Waals surface area contributed by atoms with Gasteiger partial charge in [-0.05, 0) is 46.7 Å². The van der Waals surface area contributed by atoms with Crippen molar-refractivity contribution in [3.8, 4) is 5.75 Å². The van der Waals surface area contributed by atoms with Crippen LogP contribution in [-0.4, -0.2) is 5.78 Å². The molecule has 1 aromatic carbocycles. The molecule has 0 heterocycles. The standard InChI is InChI=1S/C10H12N8O2/c1-3-8-4-5-9(6-10(8)7(2)19)20-18-17-16-15-14-13-12-11/h4-6,11H,3H2,1-2H3. The summed E-state index contributed by atoms with van der Waals surface area (Å²) in [6, 6.07) is 5.03. The van der Waals surface area contributed by atoms with Crippen molar-refractivity contribution in [2.75, 3.05) is 0 Å². The zero-order valence-electron chi connectivity index (χ0n) is 10.9. The molecule has 0 spiro atoms. The van der Waals surface area contributed by atoms with Crippen LogP contribution in [0.2, 0.25) is 0 Å². The van der Waals surface area contributed by atoms with Gasteiger partial charge in [0.2, 0.25) is 0 Å². The predicted molar refractivity (Wildman–Crippen MR) is 66.2 cm³/mol. The molecule has 104 valence electrons. The molecule has 10 heteroatoms. The van der Waals surface area contributed by atoms with E-state index < -0.39 is 0 Å². The highest BCUT2D eigenvalue weighted by Crippen LogP contribution is 2.19. The lowest BCUT2D eigenvalue weighted by atomic mass is 10.0. The third-order valence-electron chi connectivity index (χ3n) is 2.23. The van der Waals surface area contributed by atoms with Crippen molar-refractivity contribution in [1.29, 1.82) is 5.53 Å². The predicted octanol–water partition coefficient (Wildman–Crippen LogP) is 3.88. The van der Waals surface area contributed by atoms with Gasteiger partial charge in [0.25, 0.3) is 0 Å². The number of nitrogens with one attached hydrogen (secondary N) is 1. The van der Waals surface area contributed by atoms with Crippen molar-refractivity contribution in [1.82, 2.24) is 0 Å². The van der Waals surface area contributed by atoms with Gasteiger partial charge in [0, 0.05) is 21.2 Å². The van der Waals surface area contributed by atoms with Crippen molar-refractivity contribution in [3.63, 3.8) is 0 Å². The first-order valence-corrected chi connectivity index (χ1v) is 5.56. The number of aryl methyl sites for hydroxylation is 1. The Hall–Kier alpha value is -2.91. The lowest BCUT2D eigenvalue weighted by Crippen LogP contribution is -1.99. The van der Waals surface area contributed by atoms with Crippen LogP contribution in [-0.2, 0) is 6.42 Å². The van der Waals surface area contributed by atoms with Crippen LogP contribution in [0.1, 0.15) is 29.8 Å². The third-order valence-corrected chi connectivity index (χ3v) is 2.23. The molecule has 0 fully saturated rings. The Morgan fingerprint density at radius 3 is 2.55 bits per heavy atom. The monoisotopic (exact) mass is 276 g/mol. The van der Waals surface area contributed by atoms with Gasteiger partial charge in [-0.25, -0.2) is 0 Å². The summed E-state index contributed by atoms with van der Waals surface area (Å²) in [7, 11) is 0. The van der Waals surface area contributed by atoms with Crippen molar-refractivity contribution in [2.45, 2.75) is 20.3 Å². The van der Waals surface area contributed by atoms with Gasteiger partial charge < -0.3 is 4.84 Å². The highest BCUT2D eigenvalue weighted by molar-refractivity contribution is 5.96. The Labute approximate surface area is 114 Å². The molecule has 0 bridgehead atoms. The Bertz CT molecular complexity index is 566. The van der Waals surface area contributed by atoms with E-state index in [9.17, 15) is 4.79 Å². The van der Waals surface area contributed by atoms with Crippen molar-refractivity contribution in [3.05, 3.63) is 29.3 Å². The smallest absolute Gasteiger partial charge is 0.160 e. The molecular weight excluding hydrogens is 264 g/mol. The van der Waals surface area contributed by atoms with Crippen LogP contribution in [0, 0.1) is 5.53 Å². The molecule has 0 radical (unpaired) electrons. The maximum Gasteiger partial charge on any atom is 0.160 e. The summed E-state index contributed by atoms with van der Waals surface area (Å²) in [5.74, 6) is 0.303. The number of carbonyl (C=O) groups excluding carboxylic acids is 1. The fourth-order valence-corrected chi connectivity index (χ4v) is 1.40. The van der Waals surface area contributed by atoms with Gasteiger partial charge in [0.05, 0.1) is 5.28 Å². The SMILES string of the molecule is CCc1ccc(ON=NN=NN=NN=N)cc1C(C)=O. The number of rotatable bonds is 7. The van der Waals surface area contributed by atoms with Crippen LogP contribution in [0.25, 0.3) is 0 Å². The minimum Gasteiger partial charge on any atom is -0.338 e. The van der Waals surface area contributed by atoms with Gasteiger partial charge in [-0.2, -0.15) is 5.53 Å². The first-order chi connectivity index (χ1) is 9.69. The van der Waals surface area contributed by atoms with Gasteiger partial charge >= 0.3 is 0 Å². The molecule has 0 saturated carbocycles. The number of hydrogen-bond donors (Lipinski definition) is 1. The Morgan fingerprint density at radius 1 is 1.20 bits per heavy atom. The zero-order chi connectivity index (χ0) is 14.8. The number of hydrogen-bond acceptors (Lipinski definition) is 4. The van der Waals surface area contributed by atoms with Gasteiger partial charge in [-0.15, -0.1) is 0 Å². The normalized spacial score (nSPS) is 11.5. The molecule has 0 aliphatic carbocycles. The van der Waals surface area contributed by atoms with E-state index in [0.717, 1.165) is 12.0 Å². The number of nitrogens with zero attached hydrogens (tertiary/aromatic N) is 7. The molecular formula is C10H12N8O2. The fraction of sp³-hybridized carbons (Fsp3) is 0.300. The van der Waals surface area contributed by atoms with E-state index in [4.69, 9.17) is 10.4 Å². The summed E-state index contributed by atoms with van der Waals surface area (Å²) in [6.07, 6.45) is 0.747. The van der Waals surface area contributed by atoms with Crippen LogP contribution in [0.3, 0.4) is 0 Å². The highest BCUT2D eigenvalue weighted by atomic mass is 16.6. The number of ketones is 1. The van der Waals surface area contributed by atoms with Crippen LogP contribution in [0.4, 0.5) is 0 Å².